The Bertz CT molecular complexity index is 392. The van der Waals surface area contributed by atoms with E-state index in [0.717, 1.165) is 17.2 Å². The van der Waals surface area contributed by atoms with E-state index in [4.69, 9.17) is 0 Å². The van der Waals surface area contributed by atoms with Crippen LogP contribution in [-0.4, -0.2) is 59.8 Å². The number of rotatable bonds is 6. The molecule has 1 atom stereocenters. The van der Waals surface area contributed by atoms with Crippen molar-refractivity contribution in [3.63, 3.8) is 0 Å². The molecule has 1 aromatic rings. The molecule has 0 aliphatic rings. The average Bonchev–Trinajstić information content (AvgIpc) is 2.26. The van der Waals surface area contributed by atoms with Crippen LogP contribution in [0.25, 0.3) is 0 Å². The monoisotopic (exact) mass is 253 g/mol. The Morgan fingerprint density at radius 1 is 1.33 bits per heavy atom. The van der Waals surface area contributed by atoms with E-state index < -0.39 is 5.60 Å². The van der Waals surface area contributed by atoms with Gasteiger partial charge in [-0.2, -0.15) is 0 Å². The van der Waals surface area contributed by atoms with Crippen LogP contribution in [0.3, 0.4) is 0 Å². The highest BCUT2D eigenvalue weighted by atomic mass is 16.3. The lowest BCUT2D eigenvalue weighted by atomic mass is 10.1. The summed E-state index contributed by atoms with van der Waals surface area (Å²) in [7, 11) is 5.69. The van der Waals surface area contributed by atoms with Gasteiger partial charge in [0.15, 0.2) is 0 Å². The SMILES string of the molecule is CNc1ncnc(NCC(C)(O)CN(C)C)c1C. The molecule has 1 heterocycles. The van der Waals surface area contributed by atoms with Crippen LogP contribution in [-0.2, 0) is 0 Å². The fourth-order valence-electron chi connectivity index (χ4n) is 1.89. The summed E-state index contributed by atoms with van der Waals surface area (Å²) in [5.41, 5.74) is 0.140. The van der Waals surface area contributed by atoms with Gasteiger partial charge < -0.3 is 20.6 Å². The van der Waals surface area contributed by atoms with Gasteiger partial charge in [-0.25, -0.2) is 9.97 Å². The fraction of sp³-hybridized carbons (Fsp3) is 0.667. The summed E-state index contributed by atoms with van der Waals surface area (Å²) >= 11 is 0. The second kappa shape index (κ2) is 5.97. The van der Waals surface area contributed by atoms with Gasteiger partial charge in [0.2, 0.25) is 0 Å². The third kappa shape index (κ3) is 4.12. The van der Waals surface area contributed by atoms with E-state index in [1.165, 1.54) is 6.33 Å². The summed E-state index contributed by atoms with van der Waals surface area (Å²) in [6.45, 7) is 4.76. The molecule has 0 saturated carbocycles. The highest BCUT2D eigenvalue weighted by molar-refractivity contribution is 5.56. The van der Waals surface area contributed by atoms with Crippen molar-refractivity contribution in [1.82, 2.24) is 14.9 Å². The first-order valence-electron chi connectivity index (χ1n) is 5.96. The van der Waals surface area contributed by atoms with Gasteiger partial charge in [-0.1, -0.05) is 0 Å². The largest absolute Gasteiger partial charge is 0.387 e. The van der Waals surface area contributed by atoms with Crippen LogP contribution in [0.15, 0.2) is 6.33 Å². The lowest BCUT2D eigenvalue weighted by molar-refractivity contribution is 0.0459. The number of nitrogens with zero attached hydrogens (tertiary/aromatic N) is 3. The zero-order valence-electron chi connectivity index (χ0n) is 11.8. The molecule has 6 heteroatoms. The summed E-state index contributed by atoms with van der Waals surface area (Å²) in [6, 6.07) is 0. The van der Waals surface area contributed by atoms with E-state index in [1.807, 2.05) is 33.0 Å². The molecule has 0 amide bonds. The molecule has 102 valence electrons. The lowest BCUT2D eigenvalue weighted by Crippen LogP contribution is -2.43. The Morgan fingerprint density at radius 2 is 1.94 bits per heavy atom. The normalized spacial score (nSPS) is 14.4. The Morgan fingerprint density at radius 3 is 2.50 bits per heavy atom. The zero-order chi connectivity index (χ0) is 13.8. The van der Waals surface area contributed by atoms with Gasteiger partial charge in [0, 0.05) is 25.7 Å². The van der Waals surface area contributed by atoms with Gasteiger partial charge in [-0.15, -0.1) is 0 Å². The molecule has 3 N–H and O–H groups in total. The smallest absolute Gasteiger partial charge is 0.134 e. The van der Waals surface area contributed by atoms with Crippen molar-refractivity contribution in [3.05, 3.63) is 11.9 Å². The molecule has 0 aliphatic carbocycles. The third-order valence-corrected chi connectivity index (χ3v) is 2.61. The predicted octanol–water partition coefficient (Wildman–Crippen LogP) is 0.551. The summed E-state index contributed by atoms with van der Waals surface area (Å²) in [5, 5.41) is 16.4. The van der Waals surface area contributed by atoms with Crippen LogP contribution in [0.5, 0.6) is 0 Å². The number of anilines is 2. The Balaban J connectivity index is 2.69. The summed E-state index contributed by atoms with van der Waals surface area (Å²) in [6.07, 6.45) is 1.50. The molecule has 0 bridgehead atoms. The maximum Gasteiger partial charge on any atom is 0.134 e. The first-order valence-corrected chi connectivity index (χ1v) is 5.96. The number of aliphatic hydroxyl groups is 1. The second-order valence-electron chi connectivity index (χ2n) is 5.03. The maximum atomic E-state index is 10.2. The summed E-state index contributed by atoms with van der Waals surface area (Å²) < 4.78 is 0. The molecule has 0 fully saturated rings. The molecule has 1 aromatic heterocycles. The van der Waals surface area contributed by atoms with Crippen LogP contribution in [0.1, 0.15) is 12.5 Å². The van der Waals surface area contributed by atoms with Crippen LogP contribution >= 0.6 is 0 Å². The minimum atomic E-state index is -0.805. The van der Waals surface area contributed by atoms with Gasteiger partial charge in [-0.05, 0) is 27.9 Å². The number of aromatic nitrogens is 2. The molecule has 0 saturated heterocycles. The van der Waals surface area contributed by atoms with E-state index in [1.54, 1.807) is 6.92 Å². The summed E-state index contributed by atoms with van der Waals surface area (Å²) in [4.78, 5) is 10.3. The lowest BCUT2D eigenvalue weighted by Gasteiger charge is -2.27. The van der Waals surface area contributed by atoms with Crippen LogP contribution < -0.4 is 10.6 Å². The van der Waals surface area contributed by atoms with E-state index in [-0.39, 0.29) is 0 Å². The quantitative estimate of drug-likeness (QED) is 0.687. The van der Waals surface area contributed by atoms with Gasteiger partial charge in [0.1, 0.15) is 18.0 Å². The van der Waals surface area contributed by atoms with Crippen molar-refractivity contribution in [2.75, 3.05) is 44.9 Å². The predicted molar refractivity (Wildman–Crippen MR) is 74.0 cm³/mol. The van der Waals surface area contributed by atoms with E-state index in [2.05, 4.69) is 20.6 Å². The zero-order valence-corrected chi connectivity index (χ0v) is 11.8. The topological polar surface area (TPSA) is 73.3 Å². The van der Waals surface area contributed by atoms with Crippen LogP contribution in [0.4, 0.5) is 11.6 Å². The van der Waals surface area contributed by atoms with Crippen molar-refractivity contribution >= 4 is 11.6 Å². The highest BCUT2D eigenvalue weighted by Crippen LogP contribution is 2.18. The van der Waals surface area contributed by atoms with E-state index >= 15 is 0 Å². The average molecular weight is 253 g/mol. The van der Waals surface area contributed by atoms with Gasteiger partial charge in [-0.3, -0.25) is 0 Å². The van der Waals surface area contributed by atoms with Gasteiger partial charge >= 0.3 is 0 Å². The molecule has 18 heavy (non-hydrogen) atoms. The molecule has 0 aromatic carbocycles. The Hall–Kier alpha value is -1.40. The first-order chi connectivity index (χ1) is 8.35. The highest BCUT2D eigenvalue weighted by Gasteiger charge is 2.21. The summed E-state index contributed by atoms with van der Waals surface area (Å²) in [5.74, 6) is 1.54. The first kappa shape index (κ1) is 14.7. The molecule has 0 aliphatic heterocycles. The third-order valence-electron chi connectivity index (χ3n) is 2.61. The van der Waals surface area contributed by atoms with Crippen LogP contribution in [0, 0.1) is 6.92 Å². The molecule has 0 radical (unpaired) electrons. The Labute approximate surface area is 108 Å². The van der Waals surface area contributed by atoms with E-state index in [0.29, 0.717) is 13.1 Å². The molecule has 0 spiro atoms. The van der Waals surface area contributed by atoms with Crippen molar-refractivity contribution in [2.45, 2.75) is 19.4 Å². The molecule has 1 unspecified atom stereocenters. The fourth-order valence-corrected chi connectivity index (χ4v) is 1.89. The second-order valence-corrected chi connectivity index (χ2v) is 5.03. The number of likely N-dealkylation sites (N-methyl/N-ethyl adjacent to an activating group) is 1. The van der Waals surface area contributed by atoms with Crippen molar-refractivity contribution in [1.29, 1.82) is 0 Å². The van der Waals surface area contributed by atoms with Crippen LogP contribution in [0.2, 0.25) is 0 Å². The molecule has 6 nitrogen and oxygen atoms in total. The number of hydrogen-bond acceptors (Lipinski definition) is 6. The van der Waals surface area contributed by atoms with Crippen molar-refractivity contribution < 1.29 is 5.11 Å². The maximum absolute atomic E-state index is 10.2. The minimum absolute atomic E-state index is 0.437. The van der Waals surface area contributed by atoms with Crippen molar-refractivity contribution in [2.24, 2.45) is 0 Å². The molecular formula is C12H23N5O. The Kier molecular flexibility index (Phi) is 4.86. The van der Waals surface area contributed by atoms with Gasteiger partial charge in [0.05, 0.1) is 5.60 Å². The van der Waals surface area contributed by atoms with E-state index in [9.17, 15) is 5.11 Å². The minimum Gasteiger partial charge on any atom is -0.387 e. The molecular weight excluding hydrogens is 230 g/mol. The van der Waals surface area contributed by atoms with Crippen molar-refractivity contribution in [3.8, 4) is 0 Å². The standard InChI is InChI=1S/C12H23N5O/c1-9-10(13-3)15-8-16-11(9)14-6-12(2,18)7-17(4)5/h8,18H,6-7H2,1-5H3,(H2,13,14,15,16). The van der Waals surface area contributed by atoms with Gasteiger partial charge in [0.25, 0.3) is 0 Å². The number of hydrogen-bond donors (Lipinski definition) is 3. The molecule has 1 rings (SSSR count). The number of nitrogens with one attached hydrogen (secondary N) is 2.